The van der Waals surface area contributed by atoms with Crippen molar-refractivity contribution in [2.24, 2.45) is 11.5 Å². The summed E-state index contributed by atoms with van der Waals surface area (Å²) in [6.07, 6.45) is 1.16. The highest BCUT2D eigenvalue weighted by molar-refractivity contribution is 5.85. The van der Waals surface area contributed by atoms with Gasteiger partial charge >= 0.3 is 0 Å². The van der Waals surface area contributed by atoms with Crippen molar-refractivity contribution in [2.45, 2.75) is 32.2 Å². The largest absolute Gasteiger partial charge is 0.370 e. The fourth-order valence-corrected chi connectivity index (χ4v) is 1.16. The molecule has 0 atom stereocenters. The Hall–Kier alpha value is -1.14. The predicted molar refractivity (Wildman–Crippen MR) is 60.5 cm³/mol. The molecule has 0 aromatic heterocycles. The molecule has 0 fully saturated rings. The molecule has 0 aliphatic carbocycles. The molecule has 16 heavy (non-hydrogen) atoms. The van der Waals surface area contributed by atoms with Crippen LogP contribution in [-0.2, 0) is 14.3 Å². The van der Waals surface area contributed by atoms with Gasteiger partial charge in [0, 0.05) is 6.54 Å². The van der Waals surface area contributed by atoms with E-state index in [1.807, 2.05) is 13.8 Å². The maximum absolute atomic E-state index is 11.6. The summed E-state index contributed by atoms with van der Waals surface area (Å²) in [5.74, 6) is -0.721. The van der Waals surface area contributed by atoms with Crippen LogP contribution < -0.4 is 16.8 Å². The monoisotopic (exact) mass is 231 g/mol. The fourth-order valence-electron chi connectivity index (χ4n) is 1.16. The maximum Gasteiger partial charge on any atom is 0.243 e. The number of carbonyl (C=O) groups excluding carboxylic acids is 2. The summed E-state index contributed by atoms with van der Waals surface area (Å²) in [7, 11) is 0. The van der Waals surface area contributed by atoms with E-state index in [0.29, 0.717) is 19.4 Å². The molecule has 0 radical (unpaired) electrons. The molecule has 0 saturated carbocycles. The van der Waals surface area contributed by atoms with Gasteiger partial charge in [0.25, 0.3) is 0 Å². The maximum atomic E-state index is 11.6. The molecule has 0 unspecified atom stereocenters. The van der Waals surface area contributed by atoms with E-state index in [1.54, 1.807) is 0 Å². The van der Waals surface area contributed by atoms with E-state index in [0.717, 1.165) is 0 Å². The van der Waals surface area contributed by atoms with Gasteiger partial charge < -0.3 is 21.5 Å². The van der Waals surface area contributed by atoms with Crippen molar-refractivity contribution in [1.29, 1.82) is 0 Å². The average Bonchev–Trinajstić information content (AvgIpc) is 2.26. The Kier molecular flexibility index (Phi) is 6.67. The van der Waals surface area contributed by atoms with Crippen molar-refractivity contribution in [3.63, 3.8) is 0 Å². The van der Waals surface area contributed by atoms with Crippen LogP contribution in [0.5, 0.6) is 0 Å². The van der Waals surface area contributed by atoms with Crippen LogP contribution >= 0.6 is 0 Å². The van der Waals surface area contributed by atoms with E-state index in [-0.39, 0.29) is 19.1 Å². The molecular formula is C10H21N3O3. The molecule has 0 saturated heterocycles. The molecule has 0 heterocycles. The number of nitrogens with one attached hydrogen (secondary N) is 1. The summed E-state index contributed by atoms with van der Waals surface area (Å²) in [5.41, 5.74) is 9.94. The smallest absolute Gasteiger partial charge is 0.243 e. The highest BCUT2D eigenvalue weighted by atomic mass is 16.5. The van der Waals surface area contributed by atoms with Gasteiger partial charge in [-0.05, 0) is 12.8 Å². The van der Waals surface area contributed by atoms with Crippen LogP contribution in [0.15, 0.2) is 0 Å². The summed E-state index contributed by atoms with van der Waals surface area (Å²) < 4.78 is 4.90. The molecule has 0 aromatic carbocycles. The minimum atomic E-state index is -0.816. The highest BCUT2D eigenvalue weighted by Gasteiger charge is 2.29. The van der Waals surface area contributed by atoms with Gasteiger partial charge in [0.2, 0.25) is 11.8 Å². The Morgan fingerprint density at radius 1 is 1.31 bits per heavy atom. The van der Waals surface area contributed by atoms with Crippen molar-refractivity contribution in [3.05, 3.63) is 0 Å². The van der Waals surface area contributed by atoms with Gasteiger partial charge in [-0.3, -0.25) is 9.59 Å². The SMILES string of the molecule is CCC(N)(CC)C(=O)NCCOCC(N)=O. The first-order valence-corrected chi connectivity index (χ1v) is 5.39. The van der Waals surface area contributed by atoms with Crippen molar-refractivity contribution in [1.82, 2.24) is 5.32 Å². The van der Waals surface area contributed by atoms with Crippen LogP contribution in [0.2, 0.25) is 0 Å². The Morgan fingerprint density at radius 3 is 2.31 bits per heavy atom. The van der Waals surface area contributed by atoms with Gasteiger partial charge in [-0.25, -0.2) is 0 Å². The molecule has 2 amide bonds. The lowest BCUT2D eigenvalue weighted by atomic mass is 9.93. The standard InChI is InChI=1S/C10H21N3O3/c1-3-10(12,4-2)9(15)13-5-6-16-7-8(11)14/h3-7,12H2,1-2H3,(H2,11,14)(H,13,15). The highest BCUT2D eigenvalue weighted by Crippen LogP contribution is 2.10. The van der Waals surface area contributed by atoms with Gasteiger partial charge in [0.15, 0.2) is 0 Å². The van der Waals surface area contributed by atoms with E-state index < -0.39 is 11.4 Å². The van der Waals surface area contributed by atoms with Gasteiger partial charge in [-0.15, -0.1) is 0 Å². The zero-order valence-electron chi connectivity index (χ0n) is 9.91. The lowest BCUT2D eigenvalue weighted by Crippen LogP contribution is -2.53. The van der Waals surface area contributed by atoms with Crippen molar-refractivity contribution >= 4 is 11.8 Å². The number of primary amides is 1. The van der Waals surface area contributed by atoms with E-state index in [9.17, 15) is 9.59 Å². The summed E-state index contributed by atoms with van der Waals surface area (Å²) in [5, 5.41) is 2.66. The number of ether oxygens (including phenoxy) is 1. The molecule has 0 aliphatic rings. The molecule has 0 aliphatic heterocycles. The second-order valence-electron chi connectivity index (χ2n) is 3.64. The third-order valence-electron chi connectivity index (χ3n) is 2.49. The Balaban J connectivity index is 3.77. The lowest BCUT2D eigenvalue weighted by Gasteiger charge is -2.25. The van der Waals surface area contributed by atoms with Crippen LogP contribution in [-0.4, -0.2) is 37.1 Å². The fraction of sp³-hybridized carbons (Fsp3) is 0.800. The third kappa shape index (κ3) is 5.09. The molecule has 6 heteroatoms. The number of nitrogens with two attached hydrogens (primary N) is 2. The van der Waals surface area contributed by atoms with Gasteiger partial charge in [-0.1, -0.05) is 13.8 Å². The van der Waals surface area contributed by atoms with Crippen molar-refractivity contribution in [3.8, 4) is 0 Å². The molecule has 0 aromatic rings. The summed E-state index contributed by atoms with van der Waals surface area (Å²) in [6, 6.07) is 0. The van der Waals surface area contributed by atoms with E-state index in [2.05, 4.69) is 5.32 Å². The van der Waals surface area contributed by atoms with E-state index in [1.165, 1.54) is 0 Å². The first kappa shape index (κ1) is 14.9. The summed E-state index contributed by atoms with van der Waals surface area (Å²) in [4.78, 5) is 22.0. The zero-order valence-corrected chi connectivity index (χ0v) is 9.91. The Bertz CT molecular complexity index is 239. The molecule has 94 valence electrons. The summed E-state index contributed by atoms with van der Waals surface area (Å²) >= 11 is 0. The van der Waals surface area contributed by atoms with Crippen LogP contribution in [0.3, 0.4) is 0 Å². The first-order valence-electron chi connectivity index (χ1n) is 5.39. The van der Waals surface area contributed by atoms with E-state index in [4.69, 9.17) is 16.2 Å². The van der Waals surface area contributed by atoms with Crippen molar-refractivity contribution < 1.29 is 14.3 Å². The normalized spacial score (nSPS) is 11.2. The van der Waals surface area contributed by atoms with Crippen LogP contribution in [0, 0.1) is 0 Å². The van der Waals surface area contributed by atoms with Gasteiger partial charge in [0.1, 0.15) is 6.61 Å². The summed E-state index contributed by atoms with van der Waals surface area (Å²) in [6.45, 7) is 4.17. The Morgan fingerprint density at radius 2 is 1.88 bits per heavy atom. The topological polar surface area (TPSA) is 107 Å². The van der Waals surface area contributed by atoms with Crippen LogP contribution in [0.4, 0.5) is 0 Å². The molecule has 6 nitrogen and oxygen atoms in total. The Labute approximate surface area is 95.7 Å². The molecule has 0 bridgehead atoms. The predicted octanol–water partition coefficient (Wildman–Crippen LogP) is -0.878. The number of rotatable bonds is 8. The quantitative estimate of drug-likeness (QED) is 0.471. The molecule has 5 N–H and O–H groups in total. The molecular weight excluding hydrogens is 210 g/mol. The average molecular weight is 231 g/mol. The molecule has 0 rings (SSSR count). The second kappa shape index (κ2) is 7.19. The first-order chi connectivity index (χ1) is 7.46. The number of hydrogen-bond acceptors (Lipinski definition) is 4. The molecule has 0 spiro atoms. The van der Waals surface area contributed by atoms with Crippen molar-refractivity contribution in [2.75, 3.05) is 19.8 Å². The minimum Gasteiger partial charge on any atom is -0.370 e. The second-order valence-corrected chi connectivity index (χ2v) is 3.64. The number of carbonyl (C=O) groups is 2. The number of hydrogen-bond donors (Lipinski definition) is 3. The third-order valence-corrected chi connectivity index (χ3v) is 2.49. The van der Waals surface area contributed by atoms with Crippen LogP contribution in [0.1, 0.15) is 26.7 Å². The van der Waals surface area contributed by atoms with Gasteiger partial charge in [0.05, 0.1) is 12.1 Å². The van der Waals surface area contributed by atoms with E-state index >= 15 is 0 Å². The number of amides is 2. The minimum absolute atomic E-state index is 0.134. The zero-order chi connectivity index (χ0) is 12.6. The lowest BCUT2D eigenvalue weighted by molar-refractivity contribution is -0.127. The van der Waals surface area contributed by atoms with Gasteiger partial charge in [-0.2, -0.15) is 0 Å². The van der Waals surface area contributed by atoms with Crippen LogP contribution in [0.25, 0.3) is 0 Å².